The molecule has 0 aliphatic rings. The van der Waals surface area contributed by atoms with Crippen LogP contribution in [0.5, 0.6) is 0 Å². The Morgan fingerprint density at radius 3 is 3.23 bits per heavy atom. The maximum Gasteiger partial charge on any atom is 0.172 e. The van der Waals surface area contributed by atoms with Crippen LogP contribution in [-0.4, -0.2) is 23.1 Å². The Hall–Kier alpha value is -1.20. The van der Waals surface area contributed by atoms with Gasteiger partial charge in [0.05, 0.1) is 15.9 Å². The fourth-order valence-corrected chi connectivity index (χ4v) is 1.86. The van der Waals surface area contributed by atoms with E-state index < -0.39 is 0 Å². The molecule has 0 bridgehead atoms. The third-order valence-electron chi connectivity index (χ3n) is 1.69. The minimum absolute atomic E-state index is 0.628. The van der Waals surface area contributed by atoms with Crippen LogP contribution < -0.4 is 11.1 Å². The van der Waals surface area contributed by atoms with Crippen LogP contribution in [0.15, 0.2) is 17.8 Å². The molecule has 0 aliphatic heterocycles. The zero-order chi connectivity index (χ0) is 9.10. The van der Waals surface area contributed by atoms with Crippen LogP contribution in [0.3, 0.4) is 0 Å². The lowest BCUT2D eigenvalue weighted by molar-refractivity contribution is 1.03. The van der Waals surface area contributed by atoms with Crippen LogP contribution in [0.4, 0.5) is 5.69 Å². The van der Waals surface area contributed by atoms with E-state index in [1.807, 2.05) is 6.07 Å². The smallest absolute Gasteiger partial charge is 0.172 e. The van der Waals surface area contributed by atoms with E-state index in [-0.39, 0.29) is 0 Å². The molecule has 4 nitrogen and oxygen atoms in total. The fourth-order valence-electron chi connectivity index (χ4n) is 1.12. The second-order valence-corrected chi connectivity index (χ2v) is 3.43. The standard InChI is InChI=1S/C8H10N4S/c9-2-4-10-6-1-3-11-8-7(6)13-5-12-8/h1,3,5H,2,4,9H2,(H,10,11). The van der Waals surface area contributed by atoms with Gasteiger partial charge in [-0.25, -0.2) is 9.97 Å². The summed E-state index contributed by atoms with van der Waals surface area (Å²) >= 11 is 1.59. The van der Waals surface area contributed by atoms with Gasteiger partial charge in [0.25, 0.3) is 0 Å². The summed E-state index contributed by atoms with van der Waals surface area (Å²) in [5.41, 5.74) is 9.07. The largest absolute Gasteiger partial charge is 0.382 e. The summed E-state index contributed by atoms with van der Waals surface area (Å²) in [7, 11) is 0. The summed E-state index contributed by atoms with van der Waals surface area (Å²) in [5.74, 6) is 0. The highest BCUT2D eigenvalue weighted by atomic mass is 32.1. The highest BCUT2D eigenvalue weighted by molar-refractivity contribution is 7.17. The Bertz CT molecular complexity index is 398. The first-order chi connectivity index (χ1) is 6.42. The van der Waals surface area contributed by atoms with Gasteiger partial charge in [-0.15, -0.1) is 11.3 Å². The molecule has 0 amide bonds. The van der Waals surface area contributed by atoms with Gasteiger partial charge in [-0.2, -0.15) is 0 Å². The number of thiazole rings is 1. The van der Waals surface area contributed by atoms with Crippen molar-refractivity contribution in [1.82, 2.24) is 9.97 Å². The summed E-state index contributed by atoms with van der Waals surface area (Å²) in [6.45, 7) is 1.40. The quantitative estimate of drug-likeness (QED) is 0.767. The van der Waals surface area contributed by atoms with Crippen LogP contribution >= 0.6 is 11.3 Å². The first-order valence-corrected chi connectivity index (χ1v) is 4.92. The Balaban J connectivity index is 2.37. The Labute approximate surface area is 79.8 Å². The summed E-state index contributed by atoms with van der Waals surface area (Å²) in [4.78, 5) is 8.26. The number of hydrogen-bond donors (Lipinski definition) is 2. The van der Waals surface area contributed by atoms with Crippen molar-refractivity contribution in [2.75, 3.05) is 18.4 Å². The van der Waals surface area contributed by atoms with Crippen molar-refractivity contribution in [3.05, 3.63) is 17.8 Å². The molecule has 68 valence electrons. The molecule has 0 aliphatic carbocycles. The van der Waals surface area contributed by atoms with Gasteiger partial charge < -0.3 is 11.1 Å². The highest BCUT2D eigenvalue weighted by Crippen LogP contribution is 2.24. The average molecular weight is 194 g/mol. The highest BCUT2D eigenvalue weighted by Gasteiger charge is 2.02. The number of rotatable bonds is 3. The lowest BCUT2D eigenvalue weighted by Gasteiger charge is -2.03. The topological polar surface area (TPSA) is 63.8 Å². The minimum Gasteiger partial charge on any atom is -0.382 e. The first kappa shape index (κ1) is 8.40. The van der Waals surface area contributed by atoms with Gasteiger partial charge in [0.1, 0.15) is 0 Å². The Kier molecular flexibility index (Phi) is 2.37. The summed E-state index contributed by atoms with van der Waals surface area (Å²) in [6, 6.07) is 1.94. The molecular weight excluding hydrogens is 184 g/mol. The fraction of sp³-hybridized carbons (Fsp3) is 0.250. The molecule has 0 saturated heterocycles. The molecule has 0 saturated carbocycles. The number of nitrogens with two attached hydrogens (primary N) is 1. The maximum atomic E-state index is 5.41. The number of nitrogens with zero attached hydrogens (tertiary/aromatic N) is 2. The molecule has 0 fully saturated rings. The first-order valence-electron chi connectivity index (χ1n) is 4.04. The molecule has 0 atom stereocenters. The molecular formula is C8H10N4S. The molecule has 0 radical (unpaired) electrons. The number of fused-ring (bicyclic) bond motifs is 1. The van der Waals surface area contributed by atoms with Crippen LogP contribution in [0.2, 0.25) is 0 Å². The normalized spacial score (nSPS) is 10.5. The van der Waals surface area contributed by atoms with Gasteiger partial charge in [0, 0.05) is 19.3 Å². The molecule has 13 heavy (non-hydrogen) atoms. The number of hydrogen-bond acceptors (Lipinski definition) is 5. The van der Waals surface area contributed by atoms with Crippen molar-refractivity contribution in [2.24, 2.45) is 5.73 Å². The van der Waals surface area contributed by atoms with Crippen LogP contribution in [0.1, 0.15) is 0 Å². The van der Waals surface area contributed by atoms with E-state index in [0.29, 0.717) is 6.54 Å². The maximum absolute atomic E-state index is 5.41. The molecule has 0 spiro atoms. The summed E-state index contributed by atoms with van der Waals surface area (Å²) in [5, 5.41) is 3.23. The van der Waals surface area contributed by atoms with Crippen molar-refractivity contribution in [2.45, 2.75) is 0 Å². The number of nitrogens with one attached hydrogen (secondary N) is 1. The molecule has 2 heterocycles. The second-order valence-electron chi connectivity index (χ2n) is 2.58. The van der Waals surface area contributed by atoms with Crippen LogP contribution in [0, 0.1) is 0 Å². The van der Waals surface area contributed by atoms with Crippen molar-refractivity contribution in [1.29, 1.82) is 0 Å². The van der Waals surface area contributed by atoms with Crippen molar-refractivity contribution < 1.29 is 0 Å². The van der Waals surface area contributed by atoms with Gasteiger partial charge >= 0.3 is 0 Å². The lowest BCUT2D eigenvalue weighted by atomic mass is 10.4. The van der Waals surface area contributed by atoms with Crippen molar-refractivity contribution in [3.8, 4) is 0 Å². The number of pyridine rings is 1. The summed E-state index contributed by atoms with van der Waals surface area (Å²) < 4.78 is 1.09. The van der Waals surface area contributed by atoms with Crippen LogP contribution in [0.25, 0.3) is 10.3 Å². The van der Waals surface area contributed by atoms with E-state index in [2.05, 4.69) is 15.3 Å². The van der Waals surface area contributed by atoms with Gasteiger partial charge in [-0.1, -0.05) is 0 Å². The molecule has 2 rings (SSSR count). The predicted molar refractivity (Wildman–Crippen MR) is 55.0 cm³/mol. The molecule has 5 heteroatoms. The third-order valence-corrected chi connectivity index (χ3v) is 2.54. The molecule has 0 aromatic carbocycles. The van der Waals surface area contributed by atoms with Gasteiger partial charge in [0.2, 0.25) is 0 Å². The number of aromatic nitrogens is 2. The third kappa shape index (κ3) is 1.61. The molecule has 0 unspecified atom stereocenters. The van der Waals surface area contributed by atoms with E-state index in [1.165, 1.54) is 0 Å². The minimum atomic E-state index is 0.628. The second kappa shape index (κ2) is 3.68. The van der Waals surface area contributed by atoms with E-state index in [4.69, 9.17) is 5.73 Å². The number of anilines is 1. The van der Waals surface area contributed by atoms with Crippen LogP contribution in [-0.2, 0) is 0 Å². The van der Waals surface area contributed by atoms with Gasteiger partial charge in [0.15, 0.2) is 5.65 Å². The van der Waals surface area contributed by atoms with E-state index in [0.717, 1.165) is 22.6 Å². The molecule has 3 N–H and O–H groups in total. The predicted octanol–water partition coefficient (Wildman–Crippen LogP) is 1.06. The Morgan fingerprint density at radius 2 is 2.38 bits per heavy atom. The van der Waals surface area contributed by atoms with Crippen molar-refractivity contribution >= 4 is 27.4 Å². The average Bonchev–Trinajstić information content (AvgIpc) is 2.62. The monoisotopic (exact) mass is 194 g/mol. The summed E-state index contributed by atoms with van der Waals surface area (Å²) in [6.07, 6.45) is 1.75. The van der Waals surface area contributed by atoms with Gasteiger partial charge in [-0.3, -0.25) is 0 Å². The zero-order valence-electron chi connectivity index (χ0n) is 7.03. The van der Waals surface area contributed by atoms with Gasteiger partial charge in [-0.05, 0) is 6.07 Å². The zero-order valence-corrected chi connectivity index (χ0v) is 7.84. The van der Waals surface area contributed by atoms with E-state index >= 15 is 0 Å². The molecule has 2 aromatic heterocycles. The van der Waals surface area contributed by atoms with Crippen molar-refractivity contribution in [3.63, 3.8) is 0 Å². The molecule has 2 aromatic rings. The lowest BCUT2D eigenvalue weighted by Crippen LogP contribution is -2.13. The SMILES string of the molecule is NCCNc1ccnc2ncsc12. The van der Waals surface area contributed by atoms with E-state index in [9.17, 15) is 0 Å². The van der Waals surface area contributed by atoms with E-state index in [1.54, 1.807) is 23.0 Å². The Morgan fingerprint density at radius 1 is 1.46 bits per heavy atom.